The predicted molar refractivity (Wildman–Crippen MR) is 119 cm³/mol. The predicted octanol–water partition coefficient (Wildman–Crippen LogP) is 7.49. The summed E-state index contributed by atoms with van der Waals surface area (Å²) in [4.78, 5) is 0. The monoisotopic (exact) mass is 418 g/mol. The van der Waals surface area contributed by atoms with Crippen LogP contribution in [0, 0.1) is 5.41 Å². The van der Waals surface area contributed by atoms with Crippen molar-refractivity contribution in [3.63, 3.8) is 0 Å². The number of allylic oxidation sites excluding steroid dienone is 3. The summed E-state index contributed by atoms with van der Waals surface area (Å²) in [7, 11) is 0. The van der Waals surface area contributed by atoms with Crippen LogP contribution < -0.4 is 0 Å². The lowest BCUT2D eigenvalue weighted by molar-refractivity contribution is 0.448. The first-order valence-electron chi connectivity index (χ1n) is 10.3. The first-order valence-corrected chi connectivity index (χ1v) is 11.1. The Labute approximate surface area is 171 Å². The van der Waals surface area contributed by atoms with Gasteiger partial charge in [0.1, 0.15) is 0 Å². The Hall–Kier alpha value is -1.60. The van der Waals surface area contributed by atoms with E-state index in [-0.39, 0.29) is 5.41 Å². The maximum absolute atomic E-state index is 3.92. The summed E-state index contributed by atoms with van der Waals surface area (Å²) in [6, 6.07) is 11.3. The van der Waals surface area contributed by atoms with Crippen LogP contribution in [0.15, 0.2) is 46.5 Å². The van der Waals surface area contributed by atoms with Crippen molar-refractivity contribution in [2.24, 2.45) is 5.41 Å². The topological polar surface area (TPSA) is 0 Å². The molecule has 0 bridgehead atoms. The summed E-state index contributed by atoms with van der Waals surface area (Å²) in [5.74, 6) is 0.444. The summed E-state index contributed by atoms with van der Waals surface area (Å²) >= 11 is 3.92. The minimum absolute atomic E-state index is 0.0841. The third kappa shape index (κ3) is 2.54. The largest absolute Gasteiger partial charge is 0.0755 e. The first-order chi connectivity index (χ1) is 13.0. The van der Waals surface area contributed by atoms with Crippen molar-refractivity contribution in [2.75, 3.05) is 0 Å². The van der Waals surface area contributed by atoms with E-state index in [1.165, 1.54) is 46.8 Å². The summed E-state index contributed by atoms with van der Waals surface area (Å²) < 4.78 is 1.33. The van der Waals surface area contributed by atoms with Crippen LogP contribution in [-0.2, 0) is 19.3 Å². The molecule has 2 aromatic carbocycles. The van der Waals surface area contributed by atoms with E-state index < -0.39 is 0 Å². The van der Waals surface area contributed by atoms with E-state index in [1.807, 2.05) is 0 Å². The standard InChI is InChI=1S/C26H27Br/c1-16-14-21-19-10-6-7-11-20(19)24(27)15-22(21)25(16)26(2,3)23-13-12-17-8-4-5-9-18(17)23/h4-5,8-9,12-13,15,23H,6-7,10-11,14H2,1-3H3. The average molecular weight is 419 g/mol. The van der Waals surface area contributed by atoms with Gasteiger partial charge in [-0.1, -0.05) is 71.8 Å². The van der Waals surface area contributed by atoms with Gasteiger partial charge in [0.25, 0.3) is 0 Å². The lowest BCUT2D eigenvalue weighted by Crippen LogP contribution is -2.22. The maximum atomic E-state index is 3.92. The molecule has 1 heteroatoms. The molecule has 0 radical (unpaired) electrons. The van der Waals surface area contributed by atoms with Crippen LogP contribution in [0.4, 0.5) is 0 Å². The molecule has 0 saturated heterocycles. The fourth-order valence-electron chi connectivity index (χ4n) is 5.91. The zero-order valence-electron chi connectivity index (χ0n) is 16.5. The molecule has 1 unspecified atom stereocenters. The second kappa shape index (κ2) is 6.21. The lowest BCUT2D eigenvalue weighted by atomic mass is 9.68. The molecule has 0 N–H and O–H groups in total. The molecule has 0 nitrogen and oxygen atoms in total. The van der Waals surface area contributed by atoms with E-state index in [9.17, 15) is 0 Å². The van der Waals surface area contributed by atoms with Crippen LogP contribution in [0.3, 0.4) is 0 Å². The Bertz CT molecular complexity index is 1000. The number of hydrogen-bond donors (Lipinski definition) is 0. The third-order valence-electron chi connectivity index (χ3n) is 7.08. The highest BCUT2D eigenvalue weighted by molar-refractivity contribution is 9.10. The van der Waals surface area contributed by atoms with E-state index in [1.54, 1.807) is 27.8 Å². The molecule has 0 heterocycles. The average Bonchev–Trinajstić information content (AvgIpc) is 3.23. The highest BCUT2D eigenvalue weighted by atomic mass is 79.9. The number of halogens is 1. The summed E-state index contributed by atoms with van der Waals surface area (Å²) in [5, 5.41) is 0. The highest BCUT2D eigenvalue weighted by Gasteiger charge is 2.40. The van der Waals surface area contributed by atoms with Crippen molar-refractivity contribution in [3.8, 4) is 0 Å². The van der Waals surface area contributed by atoms with Crippen LogP contribution in [-0.4, -0.2) is 0 Å². The molecule has 0 saturated carbocycles. The molecule has 27 heavy (non-hydrogen) atoms. The minimum atomic E-state index is 0.0841. The fraction of sp³-hybridized carbons (Fsp3) is 0.385. The normalized spacial score (nSPS) is 20.7. The van der Waals surface area contributed by atoms with Crippen molar-refractivity contribution in [1.29, 1.82) is 0 Å². The van der Waals surface area contributed by atoms with E-state index in [0.29, 0.717) is 5.92 Å². The summed E-state index contributed by atoms with van der Waals surface area (Å²) in [5.41, 5.74) is 12.5. The molecule has 0 fully saturated rings. The van der Waals surface area contributed by atoms with E-state index in [2.05, 4.69) is 79.2 Å². The molecule has 0 spiro atoms. The summed E-state index contributed by atoms with van der Waals surface area (Å²) in [6.07, 6.45) is 11.0. The van der Waals surface area contributed by atoms with Crippen LogP contribution in [0.1, 0.15) is 72.9 Å². The molecule has 0 aliphatic heterocycles. The zero-order chi connectivity index (χ0) is 18.8. The first kappa shape index (κ1) is 17.5. The van der Waals surface area contributed by atoms with E-state index in [4.69, 9.17) is 0 Å². The molecule has 2 aromatic rings. The van der Waals surface area contributed by atoms with Gasteiger partial charge in [0.05, 0.1) is 0 Å². The SMILES string of the molecule is CC1=C(C(C)(C)C2C=Cc3ccccc32)c2cc(Br)c3c(c2C1)CCCC3. The van der Waals surface area contributed by atoms with Gasteiger partial charge < -0.3 is 0 Å². The Kier molecular flexibility index (Phi) is 4.02. The molecular formula is C26H27Br. The second-order valence-electron chi connectivity index (χ2n) is 9.07. The number of fused-ring (bicyclic) bond motifs is 4. The van der Waals surface area contributed by atoms with Crippen LogP contribution in [0.5, 0.6) is 0 Å². The number of rotatable bonds is 2. The van der Waals surface area contributed by atoms with Crippen LogP contribution in [0.2, 0.25) is 0 Å². The molecule has 5 rings (SSSR count). The number of hydrogen-bond acceptors (Lipinski definition) is 0. The van der Waals surface area contributed by atoms with Crippen LogP contribution in [0.25, 0.3) is 11.6 Å². The maximum Gasteiger partial charge on any atom is 0.0216 e. The van der Waals surface area contributed by atoms with Crippen molar-refractivity contribution in [2.45, 2.75) is 58.8 Å². The van der Waals surface area contributed by atoms with Gasteiger partial charge in [-0.05, 0) is 84.0 Å². The van der Waals surface area contributed by atoms with E-state index >= 15 is 0 Å². The Morgan fingerprint density at radius 3 is 2.56 bits per heavy atom. The number of benzene rings is 2. The molecular weight excluding hydrogens is 392 g/mol. The molecule has 3 aliphatic carbocycles. The molecule has 0 amide bonds. The van der Waals surface area contributed by atoms with Gasteiger partial charge in [-0.3, -0.25) is 0 Å². The van der Waals surface area contributed by atoms with Gasteiger partial charge in [-0.15, -0.1) is 0 Å². The Balaban J connectivity index is 1.64. The smallest absolute Gasteiger partial charge is 0.0216 e. The van der Waals surface area contributed by atoms with Crippen molar-refractivity contribution >= 4 is 27.6 Å². The Morgan fingerprint density at radius 2 is 1.74 bits per heavy atom. The van der Waals surface area contributed by atoms with Gasteiger partial charge >= 0.3 is 0 Å². The van der Waals surface area contributed by atoms with Crippen molar-refractivity contribution in [1.82, 2.24) is 0 Å². The quantitative estimate of drug-likeness (QED) is 0.473. The summed E-state index contributed by atoms with van der Waals surface area (Å²) in [6.45, 7) is 7.27. The fourth-order valence-corrected chi connectivity index (χ4v) is 6.57. The van der Waals surface area contributed by atoms with Gasteiger partial charge in [0, 0.05) is 15.8 Å². The molecule has 3 aliphatic rings. The van der Waals surface area contributed by atoms with Crippen LogP contribution >= 0.6 is 15.9 Å². The third-order valence-corrected chi connectivity index (χ3v) is 7.78. The second-order valence-corrected chi connectivity index (χ2v) is 9.92. The molecule has 138 valence electrons. The zero-order valence-corrected chi connectivity index (χ0v) is 18.1. The van der Waals surface area contributed by atoms with Gasteiger partial charge in [0.15, 0.2) is 0 Å². The molecule has 0 aromatic heterocycles. The lowest BCUT2D eigenvalue weighted by Gasteiger charge is -2.35. The highest BCUT2D eigenvalue weighted by Crippen LogP contribution is 2.55. The Morgan fingerprint density at radius 1 is 1.00 bits per heavy atom. The molecule has 1 atom stereocenters. The van der Waals surface area contributed by atoms with Crippen molar-refractivity contribution in [3.05, 3.63) is 79.8 Å². The van der Waals surface area contributed by atoms with Gasteiger partial charge in [-0.2, -0.15) is 0 Å². The minimum Gasteiger partial charge on any atom is -0.0755 e. The van der Waals surface area contributed by atoms with Crippen molar-refractivity contribution < 1.29 is 0 Å². The van der Waals surface area contributed by atoms with Gasteiger partial charge in [-0.25, -0.2) is 0 Å². The van der Waals surface area contributed by atoms with E-state index in [0.717, 1.165) is 6.42 Å². The van der Waals surface area contributed by atoms with Gasteiger partial charge in [0.2, 0.25) is 0 Å².